The zero-order chi connectivity index (χ0) is 9.47. The van der Waals surface area contributed by atoms with Crippen molar-refractivity contribution < 1.29 is 8.42 Å². The second kappa shape index (κ2) is 2.73. The Bertz CT molecular complexity index is 425. The Labute approximate surface area is 77.7 Å². The van der Waals surface area contributed by atoms with Gasteiger partial charge < -0.3 is 5.32 Å². The summed E-state index contributed by atoms with van der Waals surface area (Å²) in [5, 5.41) is 3.14. The van der Waals surface area contributed by atoms with Crippen LogP contribution in [0.15, 0.2) is 29.2 Å². The average Bonchev–Trinajstić information content (AvgIpc) is 2.02. The molecule has 1 unspecified atom stereocenters. The molecule has 0 bridgehead atoms. The van der Waals surface area contributed by atoms with Crippen molar-refractivity contribution in [3.05, 3.63) is 24.3 Å². The van der Waals surface area contributed by atoms with Gasteiger partial charge in [0.05, 0.1) is 16.3 Å². The molecule has 0 fully saturated rings. The van der Waals surface area contributed by atoms with Gasteiger partial charge in [-0.2, -0.15) is 0 Å². The molecule has 1 atom stereocenters. The Kier molecular flexibility index (Phi) is 1.80. The standard InChI is InChI=1S/C9H11NO2S/c1-7-6-13(11,12)9-5-3-2-4-8(9)10-7/h2-5,7,10H,6H2,1H3. The Morgan fingerprint density at radius 1 is 1.38 bits per heavy atom. The summed E-state index contributed by atoms with van der Waals surface area (Å²) < 4.78 is 23.3. The van der Waals surface area contributed by atoms with Gasteiger partial charge in [0, 0.05) is 6.04 Å². The van der Waals surface area contributed by atoms with Crippen LogP contribution < -0.4 is 5.32 Å². The van der Waals surface area contributed by atoms with Crippen molar-refractivity contribution in [1.82, 2.24) is 0 Å². The lowest BCUT2D eigenvalue weighted by Crippen LogP contribution is -2.31. The summed E-state index contributed by atoms with van der Waals surface area (Å²) in [5.74, 6) is 0.185. The van der Waals surface area contributed by atoms with E-state index in [9.17, 15) is 8.42 Å². The smallest absolute Gasteiger partial charge is 0.182 e. The first-order valence-corrected chi connectivity index (χ1v) is 5.83. The molecule has 1 heterocycles. The third kappa shape index (κ3) is 1.42. The molecule has 13 heavy (non-hydrogen) atoms. The fraction of sp³-hybridized carbons (Fsp3) is 0.333. The van der Waals surface area contributed by atoms with Gasteiger partial charge in [0.1, 0.15) is 0 Å². The van der Waals surface area contributed by atoms with Crippen LogP contribution in [-0.4, -0.2) is 20.2 Å². The Morgan fingerprint density at radius 2 is 2.08 bits per heavy atom. The molecule has 0 spiro atoms. The van der Waals surface area contributed by atoms with E-state index in [1.165, 1.54) is 0 Å². The van der Waals surface area contributed by atoms with Crippen LogP contribution in [0.5, 0.6) is 0 Å². The van der Waals surface area contributed by atoms with Gasteiger partial charge in [-0.15, -0.1) is 0 Å². The number of sulfone groups is 1. The third-order valence-electron chi connectivity index (χ3n) is 2.09. The molecule has 1 aromatic carbocycles. The van der Waals surface area contributed by atoms with Crippen LogP contribution in [0, 0.1) is 0 Å². The molecule has 0 aliphatic carbocycles. The second-order valence-electron chi connectivity index (χ2n) is 3.32. The molecule has 0 aromatic heterocycles. The van der Waals surface area contributed by atoms with E-state index in [1.54, 1.807) is 18.2 Å². The van der Waals surface area contributed by atoms with Crippen molar-refractivity contribution in [3.8, 4) is 0 Å². The highest BCUT2D eigenvalue weighted by Gasteiger charge is 2.26. The van der Waals surface area contributed by atoms with Crippen LogP contribution in [0.2, 0.25) is 0 Å². The van der Waals surface area contributed by atoms with Gasteiger partial charge in [-0.05, 0) is 19.1 Å². The Balaban J connectivity index is 2.63. The Hall–Kier alpha value is -1.03. The molecule has 3 nitrogen and oxygen atoms in total. The average molecular weight is 197 g/mol. The van der Waals surface area contributed by atoms with Crippen LogP contribution in [0.3, 0.4) is 0 Å². The summed E-state index contributed by atoms with van der Waals surface area (Å²) in [5.41, 5.74) is 0.723. The van der Waals surface area contributed by atoms with Gasteiger partial charge in [-0.3, -0.25) is 0 Å². The van der Waals surface area contributed by atoms with Gasteiger partial charge in [0.2, 0.25) is 0 Å². The lowest BCUT2D eigenvalue weighted by molar-refractivity contribution is 0.589. The van der Waals surface area contributed by atoms with E-state index in [0.717, 1.165) is 5.69 Å². The maximum atomic E-state index is 11.6. The van der Waals surface area contributed by atoms with E-state index in [-0.39, 0.29) is 11.8 Å². The highest BCUT2D eigenvalue weighted by atomic mass is 32.2. The van der Waals surface area contributed by atoms with Crippen molar-refractivity contribution >= 4 is 15.5 Å². The summed E-state index contributed by atoms with van der Waals surface area (Å²) in [4.78, 5) is 0.424. The van der Waals surface area contributed by atoms with E-state index < -0.39 is 9.84 Å². The van der Waals surface area contributed by atoms with E-state index in [0.29, 0.717) is 4.90 Å². The predicted octanol–water partition coefficient (Wildman–Crippen LogP) is 1.27. The first-order chi connectivity index (χ1) is 6.09. The molecule has 2 rings (SSSR count). The normalized spacial score (nSPS) is 24.5. The number of fused-ring (bicyclic) bond motifs is 1. The molecule has 0 saturated carbocycles. The van der Waals surface area contributed by atoms with Crippen LogP contribution in [0.25, 0.3) is 0 Å². The summed E-state index contributed by atoms with van der Waals surface area (Å²) in [6.07, 6.45) is 0. The van der Waals surface area contributed by atoms with Crippen molar-refractivity contribution in [1.29, 1.82) is 0 Å². The fourth-order valence-electron chi connectivity index (χ4n) is 1.58. The van der Waals surface area contributed by atoms with Gasteiger partial charge in [-0.1, -0.05) is 12.1 Å². The van der Waals surface area contributed by atoms with Crippen LogP contribution in [-0.2, 0) is 9.84 Å². The molecule has 0 saturated heterocycles. The number of hydrogen-bond donors (Lipinski definition) is 1. The number of rotatable bonds is 0. The van der Waals surface area contributed by atoms with Gasteiger partial charge in [-0.25, -0.2) is 8.42 Å². The minimum Gasteiger partial charge on any atom is -0.381 e. The molecule has 1 aromatic rings. The summed E-state index contributed by atoms with van der Waals surface area (Å²) in [7, 11) is -3.05. The van der Waals surface area contributed by atoms with Gasteiger partial charge in [0.25, 0.3) is 0 Å². The van der Waals surface area contributed by atoms with Gasteiger partial charge >= 0.3 is 0 Å². The molecule has 1 aliphatic rings. The third-order valence-corrected chi connectivity index (χ3v) is 4.06. The number of nitrogens with one attached hydrogen (secondary N) is 1. The number of anilines is 1. The zero-order valence-electron chi connectivity index (χ0n) is 7.32. The molecular weight excluding hydrogens is 186 g/mol. The molecule has 0 radical (unpaired) electrons. The summed E-state index contributed by atoms with van der Waals surface area (Å²) in [6, 6.07) is 7.01. The molecule has 0 amide bonds. The maximum absolute atomic E-state index is 11.6. The minimum atomic E-state index is -3.05. The highest BCUT2D eigenvalue weighted by molar-refractivity contribution is 7.91. The van der Waals surface area contributed by atoms with Crippen molar-refractivity contribution in [2.45, 2.75) is 17.9 Å². The van der Waals surface area contributed by atoms with Gasteiger partial charge in [0.15, 0.2) is 9.84 Å². The monoisotopic (exact) mass is 197 g/mol. The fourth-order valence-corrected chi connectivity index (χ4v) is 3.25. The van der Waals surface area contributed by atoms with Crippen LogP contribution in [0.4, 0.5) is 5.69 Å². The van der Waals surface area contributed by atoms with Crippen LogP contribution >= 0.6 is 0 Å². The SMILES string of the molecule is CC1CS(=O)(=O)c2ccccc2N1. The molecule has 70 valence electrons. The van der Waals surface area contributed by atoms with Crippen molar-refractivity contribution in [2.75, 3.05) is 11.1 Å². The summed E-state index contributed by atoms with van der Waals surface area (Å²) in [6.45, 7) is 1.87. The lowest BCUT2D eigenvalue weighted by Gasteiger charge is -2.23. The molecule has 1 aliphatic heterocycles. The van der Waals surface area contributed by atoms with E-state index >= 15 is 0 Å². The quantitative estimate of drug-likeness (QED) is 0.681. The number of benzene rings is 1. The number of hydrogen-bond acceptors (Lipinski definition) is 3. The molecular formula is C9H11NO2S. The minimum absolute atomic E-state index is 0.0000926. The van der Waals surface area contributed by atoms with E-state index in [1.807, 2.05) is 13.0 Å². The highest BCUT2D eigenvalue weighted by Crippen LogP contribution is 2.27. The second-order valence-corrected chi connectivity index (χ2v) is 5.33. The zero-order valence-corrected chi connectivity index (χ0v) is 8.14. The lowest BCUT2D eigenvalue weighted by atomic mass is 10.3. The maximum Gasteiger partial charge on any atom is 0.182 e. The Morgan fingerprint density at radius 3 is 2.85 bits per heavy atom. The first kappa shape index (κ1) is 8.56. The summed E-state index contributed by atoms with van der Waals surface area (Å²) >= 11 is 0. The molecule has 4 heteroatoms. The first-order valence-electron chi connectivity index (χ1n) is 4.18. The molecule has 1 N–H and O–H groups in total. The van der Waals surface area contributed by atoms with Crippen molar-refractivity contribution in [2.24, 2.45) is 0 Å². The van der Waals surface area contributed by atoms with Crippen LogP contribution in [0.1, 0.15) is 6.92 Å². The topological polar surface area (TPSA) is 46.2 Å². The van der Waals surface area contributed by atoms with E-state index in [4.69, 9.17) is 0 Å². The van der Waals surface area contributed by atoms with Crippen molar-refractivity contribution in [3.63, 3.8) is 0 Å². The largest absolute Gasteiger partial charge is 0.381 e. The predicted molar refractivity (Wildman–Crippen MR) is 51.6 cm³/mol. The number of para-hydroxylation sites is 1. The van der Waals surface area contributed by atoms with E-state index in [2.05, 4.69) is 5.32 Å².